The van der Waals surface area contributed by atoms with Crippen LogP contribution in [0.15, 0.2) is 12.3 Å². The van der Waals surface area contributed by atoms with Gasteiger partial charge in [0.1, 0.15) is 12.4 Å². The molecule has 0 saturated heterocycles. The Kier molecular flexibility index (Phi) is 6.15. The van der Waals surface area contributed by atoms with Crippen molar-refractivity contribution in [1.29, 1.82) is 0 Å². The molecule has 0 aromatic carbocycles. The number of halogens is 2. The van der Waals surface area contributed by atoms with Crippen molar-refractivity contribution in [3.63, 3.8) is 0 Å². The Labute approximate surface area is 169 Å². The van der Waals surface area contributed by atoms with Crippen molar-refractivity contribution in [3.8, 4) is 0 Å². The fourth-order valence-electron chi connectivity index (χ4n) is 3.33. The van der Waals surface area contributed by atoms with Crippen LogP contribution in [0.3, 0.4) is 0 Å². The molecule has 3 rings (SSSR count). The molecule has 2 aromatic rings. The normalized spacial score (nSPS) is 21.4. The molecule has 0 spiro atoms. The summed E-state index contributed by atoms with van der Waals surface area (Å²) in [5.41, 5.74) is 1.95. The molecule has 0 radical (unpaired) electrons. The summed E-state index contributed by atoms with van der Waals surface area (Å²) in [4.78, 5) is 4.68. The second-order valence-electron chi connectivity index (χ2n) is 8.17. The maximum atomic E-state index is 9.81. The highest BCUT2D eigenvalue weighted by Crippen LogP contribution is 2.40. The van der Waals surface area contributed by atoms with E-state index in [0.717, 1.165) is 57.2 Å². The van der Waals surface area contributed by atoms with Crippen LogP contribution in [0.5, 0.6) is 0 Å². The van der Waals surface area contributed by atoms with Crippen LogP contribution in [0.4, 0.5) is 0 Å². The molecular formula is C18H26ClIN2O2Si. The van der Waals surface area contributed by atoms with Gasteiger partial charge in [-0.15, -0.1) is 0 Å². The molecule has 1 N–H and O–H groups in total. The van der Waals surface area contributed by atoms with Crippen molar-refractivity contribution in [2.45, 2.75) is 63.7 Å². The quantitative estimate of drug-likeness (QED) is 0.341. The van der Waals surface area contributed by atoms with Gasteiger partial charge in [-0.2, -0.15) is 0 Å². The first-order valence-electron chi connectivity index (χ1n) is 8.85. The van der Waals surface area contributed by atoms with Gasteiger partial charge in [-0.05, 0) is 65.4 Å². The first-order chi connectivity index (χ1) is 11.8. The van der Waals surface area contributed by atoms with E-state index in [1.165, 1.54) is 0 Å². The molecule has 1 saturated carbocycles. The van der Waals surface area contributed by atoms with Crippen LogP contribution in [0.1, 0.15) is 30.7 Å². The summed E-state index contributed by atoms with van der Waals surface area (Å²) < 4.78 is 9.07. The number of rotatable bonds is 6. The molecule has 0 aliphatic heterocycles. The molecule has 0 unspecified atom stereocenters. The van der Waals surface area contributed by atoms with Gasteiger partial charge in [0.15, 0.2) is 0 Å². The molecule has 138 valence electrons. The molecule has 0 amide bonds. The Morgan fingerprint density at radius 2 is 2.16 bits per heavy atom. The second-order valence-corrected chi connectivity index (χ2v) is 15.3. The largest absolute Gasteiger partial charge is 0.393 e. The lowest BCUT2D eigenvalue weighted by Gasteiger charge is -2.16. The third-order valence-corrected chi connectivity index (χ3v) is 7.91. The molecule has 2 heterocycles. The SMILES string of the molecule is C[Si](C)(C)CCOCn1c(I)cc2c(Cl)c([C@H]3CC[C@@H](O)C3)cnc21. The van der Waals surface area contributed by atoms with Gasteiger partial charge in [-0.25, -0.2) is 4.98 Å². The standard InChI is InChI=1S/C18H26ClIN2O2Si/c1-25(2,3)7-6-24-11-22-16(20)9-14-17(19)15(10-21-18(14)22)12-4-5-13(23)8-12/h9-10,12-13,23H,4-8,11H2,1-3H3/t12-,13+/m0/s1. The third kappa shape index (κ3) is 4.58. The molecule has 1 aliphatic rings. The highest BCUT2D eigenvalue weighted by molar-refractivity contribution is 14.1. The van der Waals surface area contributed by atoms with Gasteiger partial charge < -0.3 is 9.84 Å². The number of hydrogen-bond acceptors (Lipinski definition) is 3. The monoisotopic (exact) mass is 492 g/mol. The first kappa shape index (κ1) is 19.6. The Morgan fingerprint density at radius 1 is 1.40 bits per heavy atom. The van der Waals surface area contributed by atoms with Crippen molar-refractivity contribution in [1.82, 2.24) is 9.55 Å². The first-order valence-corrected chi connectivity index (χ1v) is 14.0. The van der Waals surface area contributed by atoms with Crippen LogP contribution >= 0.6 is 34.2 Å². The highest BCUT2D eigenvalue weighted by atomic mass is 127. The van der Waals surface area contributed by atoms with Crippen LogP contribution in [0.2, 0.25) is 30.7 Å². The topological polar surface area (TPSA) is 47.3 Å². The van der Waals surface area contributed by atoms with Crippen molar-refractivity contribution in [2.75, 3.05) is 6.61 Å². The minimum absolute atomic E-state index is 0.207. The van der Waals surface area contributed by atoms with Crippen molar-refractivity contribution < 1.29 is 9.84 Å². The Balaban J connectivity index is 1.79. The molecule has 4 nitrogen and oxygen atoms in total. The smallest absolute Gasteiger partial charge is 0.144 e. The van der Waals surface area contributed by atoms with Gasteiger partial charge in [0.05, 0.1) is 14.8 Å². The predicted molar refractivity (Wildman–Crippen MR) is 114 cm³/mol. The maximum Gasteiger partial charge on any atom is 0.144 e. The molecule has 2 atom stereocenters. The van der Waals surface area contributed by atoms with Crippen LogP contribution < -0.4 is 0 Å². The Morgan fingerprint density at radius 3 is 2.80 bits per heavy atom. The van der Waals surface area contributed by atoms with E-state index in [1.54, 1.807) is 0 Å². The summed E-state index contributed by atoms with van der Waals surface area (Å²) in [7, 11) is -1.08. The number of pyridine rings is 1. The van der Waals surface area contributed by atoms with Gasteiger partial charge in [-0.3, -0.25) is 4.57 Å². The number of aromatic nitrogens is 2. The fraction of sp³-hybridized carbons (Fsp3) is 0.611. The second kappa shape index (κ2) is 7.84. The lowest BCUT2D eigenvalue weighted by atomic mass is 9.98. The van der Waals surface area contributed by atoms with Gasteiger partial charge >= 0.3 is 0 Å². The van der Waals surface area contributed by atoms with Gasteiger partial charge in [0.25, 0.3) is 0 Å². The predicted octanol–water partition coefficient (Wildman–Crippen LogP) is 5.24. The third-order valence-electron chi connectivity index (χ3n) is 4.90. The van der Waals surface area contributed by atoms with E-state index < -0.39 is 8.07 Å². The average Bonchev–Trinajstić information content (AvgIpc) is 3.08. The van der Waals surface area contributed by atoms with E-state index in [9.17, 15) is 5.11 Å². The van der Waals surface area contributed by atoms with Gasteiger partial charge in [0, 0.05) is 26.3 Å². The minimum atomic E-state index is -1.08. The van der Waals surface area contributed by atoms with Crippen molar-refractivity contribution in [2.24, 2.45) is 0 Å². The number of nitrogens with zero attached hydrogens (tertiary/aromatic N) is 2. The molecule has 25 heavy (non-hydrogen) atoms. The van der Waals surface area contributed by atoms with E-state index in [0.29, 0.717) is 12.6 Å². The molecule has 1 aliphatic carbocycles. The number of aliphatic hydroxyl groups is 1. The van der Waals surface area contributed by atoms with E-state index in [2.05, 4.69) is 57.8 Å². The fourth-order valence-corrected chi connectivity index (χ4v) is 5.11. The number of fused-ring (bicyclic) bond motifs is 1. The van der Waals surface area contributed by atoms with Crippen molar-refractivity contribution >= 4 is 53.3 Å². The number of aliphatic hydroxyl groups excluding tert-OH is 1. The Bertz CT molecular complexity index is 760. The van der Waals surface area contributed by atoms with Crippen molar-refractivity contribution in [3.05, 3.63) is 26.5 Å². The summed E-state index contributed by atoms with van der Waals surface area (Å²) in [6, 6.07) is 3.24. The van der Waals surface area contributed by atoms with E-state index in [4.69, 9.17) is 16.3 Å². The minimum Gasteiger partial charge on any atom is -0.393 e. The zero-order valence-electron chi connectivity index (χ0n) is 15.1. The highest BCUT2D eigenvalue weighted by Gasteiger charge is 2.27. The van der Waals surface area contributed by atoms with E-state index in [1.807, 2.05) is 6.20 Å². The summed E-state index contributed by atoms with van der Waals surface area (Å²) in [5.74, 6) is 0.313. The Hall–Kier alpha value is -0.153. The maximum absolute atomic E-state index is 9.81. The zero-order chi connectivity index (χ0) is 18.2. The van der Waals surface area contributed by atoms with Crippen LogP contribution in [0, 0.1) is 3.70 Å². The number of ether oxygens (including phenoxy) is 1. The van der Waals surface area contributed by atoms with E-state index in [-0.39, 0.29) is 6.10 Å². The number of hydrogen-bond donors (Lipinski definition) is 1. The lowest BCUT2D eigenvalue weighted by Crippen LogP contribution is -2.22. The average molecular weight is 493 g/mol. The van der Waals surface area contributed by atoms with Crippen LogP contribution in [-0.2, 0) is 11.5 Å². The molecule has 1 fully saturated rings. The van der Waals surface area contributed by atoms with Gasteiger partial charge in [-0.1, -0.05) is 31.2 Å². The summed E-state index contributed by atoms with van der Waals surface area (Å²) in [6.07, 6.45) is 4.29. The van der Waals surface area contributed by atoms with Crippen LogP contribution in [0.25, 0.3) is 11.0 Å². The summed E-state index contributed by atoms with van der Waals surface area (Å²) in [5, 5.41) is 11.6. The van der Waals surface area contributed by atoms with E-state index >= 15 is 0 Å². The molecule has 7 heteroatoms. The van der Waals surface area contributed by atoms with Gasteiger partial charge in [0.2, 0.25) is 0 Å². The molecular weight excluding hydrogens is 467 g/mol. The molecule has 2 aromatic heterocycles. The summed E-state index contributed by atoms with van der Waals surface area (Å²) >= 11 is 9.02. The zero-order valence-corrected chi connectivity index (χ0v) is 19.0. The molecule has 0 bridgehead atoms. The lowest BCUT2D eigenvalue weighted by molar-refractivity contribution is 0.0883. The summed E-state index contributed by atoms with van der Waals surface area (Å²) in [6.45, 7) is 8.37. The van der Waals surface area contributed by atoms with Crippen LogP contribution in [-0.4, -0.2) is 35.4 Å².